The molecular formula is C29H32BrClN2O4. The van der Waals surface area contributed by atoms with Gasteiger partial charge in [-0.25, -0.2) is 0 Å². The van der Waals surface area contributed by atoms with Crippen LogP contribution in [0.4, 0.5) is 0 Å². The third kappa shape index (κ3) is 8.79. The predicted octanol–water partition coefficient (Wildman–Crippen LogP) is 6.04. The van der Waals surface area contributed by atoms with E-state index in [1.165, 1.54) is 0 Å². The Balaban J connectivity index is 1.95. The Hall–Kier alpha value is -3.03. The zero-order chi connectivity index (χ0) is 27.0. The maximum atomic E-state index is 13.7. The predicted molar refractivity (Wildman–Crippen MR) is 150 cm³/mol. The summed E-state index contributed by atoms with van der Waals surface area (Å²) in [6, 6.07) is 21.5. The van der Waals surface area contributed by atoms with Gasteiger partial charge in [0, 0.05) is 23.0 Å². The zero-order valence-corrected chi connectivity index (χ0v) is 23.8. The minimum atomic E-state index is -0.774. The monoisotopic (exact) mass is 586 g/mol. The molecule has 8 heteroatoms. The van der Waals surface area contributed by atoms with E-state index in [9.17, 15) is 9.59 Å². The molecule has 3 rings (SSSR count). The van der Waals surface area contributed by atoms with Crippen molar-refractivity contribution in [2.45, 2.75) is 45.3 Å². The Morgan fingerprint density at radius 2 is 1.70 bits per heavy atom. The summed E-state index contributed by atoms with van der Waals surface area (Å²) in [7, 11) is 1.59. The number of hydrogen-bond donors (Lipinski definition) is 1. The Kier molecular flexibility index (Phi) is 10.0. The maximum absolute atomic E-state index is 13.7. The van der Waals surface area contributed by atoms with Crippen molar-refractivity contribution < 1.29 is 19.1 Å². The number of carbonyl (C=O) groups excluding carboxylic acids is 2. The first-order chi connectivity index (χ1) is 17.6. The first-order valence-corrected chi connectivity index (χ1v) is 13.1. The topological polar surface area (TPSA) is 67.9 Å². The summed E-state index contributed by atoms with van der Waals surface area (Å²) in [5.41, 5.74) is 1.30. The Labute approximate surface area is 232 Å². The van der Waals surface area contributed by atoms with Crippen LogP contribution in [0.3, 0.4) is 0 Å². The lowest BCUT2D eigenvalue weighted by molar-refractivity contribution is -0.143. The van der Waals surface area contributed by atoms with Crippen LogP contribution < -0.4 is 14.8 Å². The summed E-state index contributed by atoms with van der Waals surface area (Å²) in [6.45, 7) is 5.66. The highest BCUT2D eigenvalue weighted by Crippen LogP contribution is 2.28. The van der Waals surface area contributed by atoms with Crippen LogP contribution in [0.25, 0.3) is 0 Å². The summed E-state index contributed by atoms with van der Waals surface area (Å²) in [6.07, 6.45) is 0.345. The lowest BCUT2D eigenvalue weighted by Crippen LogP contribution is -2.55. The van der Waals surface area contributed by atoms with E-state index in [1.54, 1.807) is 30.2 Å². The quantitative estimate of drug-likeness (QED) is 0.314. The fourth-order valence-corrected chi connectivity index (χ4v) is 4.52. The number of nitrogens with zero attached hydrogens (tertiary/aromatic N) is 1. The molecule has 3 aromatic rings. The minimum Gasteiger partial charge on any atom is -0.497 e. The minimum absolute atomic E-state index is 0.197. The van der Waals surface area contributed by atoms with Crippen LogP contribution in [0.5, 0.6) is 11.5 Å². The number of rotatable bonds is 10. The zero-order valence-electron chi connectivity index (χ0n) is 21.5. The third-order valence-corrected chi connectivity index (χ3v) is 6.29. The lowest BCUT2D eigenvalue weighted by atomic mass is 10.0. The highest BCUT2D eigenvalue weighted by Gasteiger charge is 2.32. The standard InChI is InChI=1S/C29H32BrClN2O4/c1-29(2,3)32-28(35)25(16-20-9-6-5-7-10-20)33(18-21-11-8-12-23(15-21)36-4)27(34)19-37-26-14-13-22(30)17-24(26)31/h5-15,17,25H,16,18-19H2,1-4H3,(H,32,35)/t25-/m1/s1. The van der Waals surface area contributed by atoms with Gasteiger partial charge in [-0.15, -0.1) is 0 Å². The molecule has 0 fully saturated rings. The highest BCUT2D eigenvalue weighted by atomic mass is 79.9. The van der Waals surface area contributed by atoms with Gasteiger partial charge in [0.25, 0.3) is 5.91 Å². The van der Waals surface area contributed by atoms with Crippen molar-refractivity contribution in [2.24, 2.45) is 0 Å². The van der Waals surface area contributed by atoms with Crippen LogP contribution in [0.2, 0.25) is 5.02 Å². The summed E-state index contributed by atoms with van der Waals surface area (Å²) < 4.78 is 12.0. The molecule has 2 amide bonds. The molecule has 1 N–H and O–H groups in total. The van der Waals surface area contributed by atoms with E-state index in [4.69, 9.17) is 21.1 Å². The molecular weight excluding hydrogens is 556 g/mol. The smallest absolute Gasteiger partial charge is 0.261 e. The van der Waals surface area contributed by atoms with Crippen molar-refractivity contribution in [3.05, 3.63) is 93.4 Å². The second-order valence-electron chi connectivity index (χ2n) is 9.68. The molecule has 37 heavy (non-hydrogen) atoms. The van der Waals surface area contributed by atoms with Gasteiger partial charge in [0.1, 0.15) is 17.5 Å². The van der Waals surface area contributed by atoms with Gasteiger partial charge >= 0.3 is 0 Å². The van der Waals surface area contributed by atoms with Gasteiger partial charge in [0.05, 0.1) is 12.1 Å². The molecule has 0 aliphatic carbocycles. The van der Waals surface area contributed by atoms with Gasteiger partial charge in [-0.05, 0) is 62.2 Å². The van der Waals surface area contributed by atoms with Gasteiger partial charge in [0.2, 0.25) is 5.91 Å². The molecule has 196 valence electrons. The van der Waals surface area contributed by atoms with Crippen LogP contribution in [-0.2, 0) is 22.6 Å². The van der Waals surface area contributed by atoms with Crippen molar-refractivity contribution >= 4 is 39.3 Å². The summed E-state index contributed by atoms with van der Waals surface area (Å²) >= 11 is 9.66. The average Bonchev–Trinajstić information content (AvgIpc) is 2.85. The van der Waals surface area contributed by atoms with Crippen LogP contribution in [0, 0.1) is 0 Å². The summed E-state index contributed by atoms with van der Waals surface area (Å²) in [4.78, 5) is 28.8. The normalized spacial score (nSPS) is 11.9. The SMILES string of the molecule is COc1cccc(CN(C(=O)COc2ccc(Br)cc2Cl)[C@H](Cc2ccccc2)C(=O)NC(C)(C)C)c1. The van der Waals surface area contributed by atoms with E-state index in [2.05, 4.69) is 21.2 Å². The Bertz CT molecular complexity index is 1210. The van der Waals surface area contributed by atoms with Crippen LogP contribution >= 0.6 is 27.5 Å². The van der Waals surface area contributed by atoms with Crippen LogP contribution in [0.1, 0.15) is 31.9 Å². The van der Waals surface area contributed by atoms with Crippen LogP contribution in [-0.4, -0.2) is 42.0 Å². The van der Waals surface area contributed by atoms with Crippen molar-refractivity contribution in [1.29, 1.82) is 0 Å². The van der Waals surface area contributed by atoms with E-state index in [0.29, 0.717) is 22.9 Å². The largest absolute Gasteiger partial charge is 0.497 e. The highest BCUT2D eigenvalue weighted by molar-refractivity contribution is 9.10. The Morgan fingerprint density at radius 1 is 1.00 bits per heavy atom. The van der Waals surface area contributed by atoms with Gasteiger partial charge in [-0.3, -0.25) is 9.59 Å². The first-order valence-electron chi connectivity index (χ1n) is 11.9. The van der Waals surface area contributed by atoms with E-state index >= 15 is 0 Å². The molecule has 3 aromatic carbocycles. The molecule has 0 aromatic heterocycles. The van der Waals surface area contributed by atoms with Gasteiger partial charge in [0.15, 0.2) is 6.61 Å². The number of methoxy groups -OCH3 is 1. The van der Waals surface area contributed by atoms with E-state index in [-0.39, 0.29) is 25.0 Å². The molecule has 0 heterocycles. The molecule has 0 radical (unpaired) electrons. The molecule has 0 saturated heterocycles. The summed E-state index contributed by atoms with van der Waals surface area (Å²) in [5, 5.41) is 3.43. The summed E-state index contributed by atoms with van der Waals surface area (Å²) in [5.74, 6) is 0.473. The Morgan fingerprint density at radius 3 is 2.35 bits per heavy atom. The molecule has 6 nitrogen and oxygen atoms in total. The molecule has 0 spiro atoms. The number of carbonyl (C=O) groups is 2. The molecule has 0 aliphatic heterocycles. The maximum Gasteiger partial charge on any atom is 0.261 e. The first kappa shape index (κ1) is 28.5. The van der Waals surface area contributed by atoms with Crippen molar-refractivity contribution in [3.8, 4) is 11.5 Å². The number of hydrogen-bond acceptors (Lipinski definition) is 4. The van der Waals surface area contributed by atoms with E-state index in [1.807, 2.05) is 75.4 Å². The molecule has 0 unspecified atom stereocenters. The number of halogens is 2. The van der Waals surface area contributed by atoms with E-state index in [0.717, 1.165) is 15.6 Å². The van der Waals surface area contributed by atoms with Gasteiger partial charge in [-0.2, -0.15) is 0 Å². The second-order valence-corrected chi connectivity index (χ2v) is 11.0. The fraction of sp³-hybridized carbons (Fsp3) is 0.310. The number of amides is 2. The van der Waals surface area contributed by atoms with Crippen molar-refractivity contribution in [2.75, 3.05) is 13.7 Å². The lowest BCUT2D eigenvalue weighted by Gasteiger charge is -2.33. The number of benzene rings is 3. The number of nitrogens with one attached hydrogen (secondary N) is 1. The fourth-order valence-electron chi connectivity index (χ4n) is 3.79. The number of ether oxygens (including phenoxy) is 2. The van der Waals surface area contributed by atoms with Gasteiger partial charge < -0.3 is 19.7 Å². The van der Waals surface area contributed by atoms with Crippen molar-refractivity contribution in [3.63, 3.8) is 0 Å². The van der Waals surface area contributed by atoms with Crippen molar-refractivity contribution in [1.82, 2.24) is 10.2 Å². The van der Waals surface area contributed by atoms with Crippen LogP contribution in [0.15, 0.2) is 77.3 Å². The molecule has 0 saturated carbocycles. The molecule has 0 bridgehead atoms. The average molecular weight is 588 g/mol. The van der Waals surface area contributed by atoms with E-state index < -0.39 is 11.6 Å². The molecule has 1 atom stereocenters. The molecule has 0 aliphatic rings. The second kappa shape index (κ2) is 13.0. The third-order valence-electron chi connectivity index (χ3n) is 5.50. The van der Waals surface area contributed by atoms with Gasteiger partial charge in [-0.1, -0.05) is 70.0 Å².